The molecule has 0 saturated heterocycles. The average molecular weight is 338 g/mol. The zero-order valence-corrected chi connectivity index (χ0v) is 13.2. The molecule has 21 heavy (non-hydrogen) atoms. The number of aromatic nitrogens is 2. The molecule has 4 nitrogen and oxygen atoms in total. The van der Waals surface area contributed by atoms with Crippen molar-refractivity contribution in [3.63, 3.8) is 0 Å². The van der Waals surface area contributed by atoms with Crippen molar-refractivity contribution in [3.8, 4) is 11.3 Å². The number of carbonyl (C=O) groups excluding carboxylic acids is 1. The lowest BCUT2D eigenvalue weighted by Crippen LogP contribution is -1.96. The van der Waals surface area contributed by atoms with E-state index in [9.17, 15) is 4.79 Å². The summed E-state index contributed by atoms with van der Waals surface area (Å²) in [4.78, 5) is 21.3. The lowest BCUT2D eigenvalue weighted by Gasteiger charge is -2.05. The maximum Gasteiger partial charge on any atom is 0.221 e. The first kappa shape index (κ1) is 14.3. The van der Waals surface area contributed by atoms with Gasteiger partial charge in [0.05, 0.1) is 20.6 Å². The molecular weight excluding hydrogens is 329 g/mol. The number of nitrogens with zero attached hydrogens (tertiary/aromatic N) is 2. The summed E-state index contributed by atoms with van der Waals surface area (Å²) in [7, 11) is 0. The number of hydrogen-bond donors (Lipinski definition) is 1. The lowest BCUT2D eigenvalue weighted by molar-refractivity contribution is 0.102. The highest BCUT2D eigenvalue weighted by Crippen LogP contribution is 2.35. The van der Waals surface area contributed by atoms with E-state index < -0.39 is 0 Å². The zero-order valence-electron chi connectivity index (χ0n) is 10.9. The summed E-state index contributed by atoms with van der Waals surface area (Å²) >= 11 is 13.3. The number of Topliss-reactive ketones (excluding diaryl/α,β-unsaturated/α-hetero) is 1. The molecule has 7 heteroatoms. The van der Waals surface area contributed by atoms with Crippen molar-refractivity contribution < 1.29 is 4.79 Å². The molecule has 3 rings (SSSR count). The molecule has 2 aromatic heterocycles. The summed E-state index contributed by atoms with van der Waals surface area (Å²) in [6.07, 6.45) is 0. The number of halogens is 2. The van der Waals surface area contributed by atoms with Gasteiger partial charge in [-0.15, -0.1) is 11.3 Å². The second-order valence-electron chi connectivity index (χ2n) is 4.44. The van der Waals surface area contributed by atoms with E-state index in [0.29, 0.717) is 25.4 Å². The van der Waals surface area contributed by atoms with E-state index in [1.807, 2.05) is 0 Å². The van der Waals surface area contributed by atoms with Crippen molar-refractivity contribution in [2.24, 2.45) is 0 Å². The molecule has 2 heterocycles. The molecule has 0 aliphatic carbocycles. The number of thiophene rings is 1. The van der Waals surface area contributed by atoms with Crippen LogP contribution in [0.4, 0.5) is 5.95 Å². The standard InChI is InChI=1S/C14H9Cl2N3OS/c1-6(20)11-5-8-12(18-14(17)19-13(8)21-11)7-2-3-9(15)10(16)4-7/h2-5H,1H3,(H2,17,18,19). The fraction of sp³-hybridized carbons (Fsp3) is 0.0714. The number of rotatable bonds is 2. The van der Waals surface area contributed by atoms with Crippen LogP contribution in [0.2, 0.25) is 10.0 Å². The number of hydrogen-bond acceptors (Lipinski definition) is 5. The van der Waals surface area contributed by atoms with Crippen molar-refractivity contribution >= 4 is 56.5 Å². The zero-order chi connectivity index (χ0) is 15.1. The maximum absolute atomic E-state index is 11.5. The number of nitrogen functional groups attached to an aromatic ring is 1. The van der Waals surface area contributed by atoms with Gasteiger partial charge in [0.1, 0.15) is 4.83 Å². The monoisotopic (exact) mass is 337 g/mol. The van der Waals surface area contributed by atoms with Gasteiger partial charge in [0.15, 0.2) is 5.78 Å². The summed E-state index contributed by atoms with van der Waals surface area (Å²) < 4.78 is 0. The third-order valence-corrected chi connectivity index (χ3v) is 4.82. The topological polar surface area (TPSA) is 68.9 Å². The number of fused-ring (bicyclic) bond motifs is 1. The van der Waals surface area contributed by atoms with Gasteiger partial charge in [-0.25, -0.2) is 9.97 Å². The molecule has 3 aromatic rings. The SMILES string of the molecule is CC(=O)c1cc2c(-c3ccc(Cl)c(Cl)c3)nc(N)nc2s1. The molecule has 0 aliphatic rings. The quantitative estimate of drug-likeness (QED) is 0.701. The summed E-state index contributed by atoms with van der Waals surface area (Å²) in [5.74, 6) is 0.136. The number of anilines is 1. The van der Waals surface area contributed by atoms with Gasteiger partial charge < -0.3 is 5.73 Å². The minimum atomic E-state index is -0.0170. The van der Waals surface area contributed by atoms with E-state index in [2.05, 4.69) is 9.97 Å². The second-order valence-corrected chi connectivity index (χ2v) is 6.29. The van der Waals surface area contributed by atoms with Crippen LogP contribution in [0.15, 0.2) is 24.3 Å². The predicted octanol–water partition coefficient (Wildman–Crippen LogP) is 4.45. The molecule has 2 N–H and O–H groups in total. The first-order valence-electron chi connectivity index (χ1n) is 5.99. The first-order valence-corrected chi connectivity index (χ1v) is 7.56. The molecule has 0 atom stereocenters. The minimum Gasteiger partial charge on any atom is -0.368 e. The van der Waals surface area contributed by atoms with Crippen LogP contribution in [-0.4, -0.2) is 15.8 Å². The lowest BCUT2D eigenvalue weighted by atomic mass is 10.1. The third-order valence-electron chi connectivity index (χ3n) is 2.95. The highest BCUT2D eigenvalue weighted by atomic mass is 35.5. The Labute approximate surface area is 134 Å². The Balaban J connectivity index is 2.29. The van der Waals surface area contributed by atoms with Gasteiger partial charge in [-0.2, -0.15) is 0 Å². The number of benzene rings is 1. The highest BCUT2D eigenvalue weighted by Gasteiger charge is 2.15. The largest absolute Gasteiger partial charge is 0.368 e. The van der Waals surface area contributed by atoms with Crippen LogP contribution in [0.3, 0.4) is 0 Å². The average Bonchev–Trinajstić information content (AvgIpc) is 2.85. The number of carbonyl (C=O) groups is 1. The van der Waals surface area contributed by atoms with Gasteiger partial charge >= 0.3 is 0 Å². The van der Waals surface area contributed by atoms with E-state index in [1.165, 1.54) is 18.3 Å². The first-order chi connectivity index (χ1) is 9.95. The molecule has 0 bridgehead atoms. The van der Waals surface area contributed by atoms with Crippen molar-refractivity contribution in [1.29, 1.82) is 0 Å². The van der Waals surface area contributed by atoms with Gasteiger partial charge in [-0.05, 0) is 25.1 Å². The van der Waals surface area contributed by atoms with Crippen LogP contribution in [0, 0.1) is 0 Å². The van der Waals surface area contributed by atoms with Gasteiger partial charge in [0, 0.05) is 10.9 Å². The minimum absolute atomic E-state index is 0.0170. The molecule has 106 valence electrons. The van der Waals surface area contributed by atoms with Crippen LogP contribution in [0.5, 0.6) is 0 Å². The fourth-order valence-corrected chi connectivity index (χ4v) is 3.21. The number of ketones is 1. The normalized spacial score (nSPS) is 11.0. The molecular formula is C14H9Cl2N3OS. The molecule has 0 unspecified atom stereocenters. The predicted molar refractivity (Wildman–Crippen MR) is 87.3 cm³/mol. The van der Waals surface area contributed by atoms with Crippen molar-refractivity contribution in [2.75, 3.05) is 5.73 Å². The molecule has 0 fully saturated rings. The maximum atomic E-state index is 11.5. The van der Waals surface area contributed by atoms with Crippen LogP contribution in [0.1, 0.15) is 16.6 Å². The van der Waals surface area contributed by atoms with Gasteiger partial charge in [0.25, 0.3) is 0 Å². The molecule has 0 amide bonds. The molecule has 0 saturated carbocycles. The van der Waals surface area contributed by atoms with Crippen molar-refractivity contribution in [2.45, 2.75) is 6.92 Å². The van der Waals surface area contributed by atoms with E-state index in [4.69, 9.17) is 28.9 Å². The summed E-state index contributed by atoms with van der Waals surface area (Å²) in [5, 5.41) is 1.67. The second kappa shape index (κ2) is 5.26. The van der Waals surface area contributed by atoms with Crippen LogP contribution in [0.25, 0.3) is 21.5 Å². The third kappa shape index (κ3) is 2.60. The van der Waals surface area contributed by atoms with Gasteiger partial charge in [-0.1, -0.05) is 29.3 Å². The Kier molecular flexibility index (Phi) is 3.57. The number of nitrogens with two attached hydrogens (primary N) is 1. The molecule has 1 aromatic carbocycles. The van der Waals surface area contributed by atoms with E-state index in [-0.39, 0.29) is 11.7 Å². The van der Waals surface area contributed by atoms with Crippen molar-refractivity contribution in [1.82, 2.24) is 9.97 Å². The highest BCUT2D eigenvalue weighted by molar-refractivity contribution is 7.20. The Morgan fingerprint density at radius 2 is 1.95 bits per heavy atom. The van der Waals surface area contributed by atoms with Crippen LogP contribution >= 0.6 is 34.5 Å². The van der Waals surface area contributed by atoms with Crippen LogP contribution in [-0.2, 0) is 0 Å². The van der Waals surface area contributed by atoms with Gasteiger partial charge in [-0.3, -0.25) is 4.79 Å². The van der Waals surface area contributed by atoms with E-state index >= 15 is 0 Å². The summed E-state index contributed by atoms with van der Waals surface area (Å²) in [6, 6.07) is 7.00. The Morgan fingerprint density at radius 3 is 2.62 bits per heavy atom. The molecule has 0 aliphatic heterocycles. The molecule has 0 spiro atoms. The molecule has 0 radical (unpaired) electrons. The Hall–Kier alpha value is -1.69. The summed E-state index contributed by atoms with van der Waals surface area (Å²) in [5.41, 5.74) is 7.17. The van der Waals surface area contributed by atoms with Crippen molar-refractivity contribution in [3.05, 3.63) is 39.2 Å². The van der Waals surface area contributed by atoms with E-state index in [0.717, 1.165) is 10.9 Å². The van der Waals surface area contributed by atoms with Gasteiger partial charge in [0.2, 0.25) is 5.95 Å². The smallest absolute Gasteiger partial charge is 0.221 e. The summed E-state index contributed by atoms with van der Waals surface area (Å²) in [6.45, 7) is 1.51. The fourth-order valence-electron chi connectivity index (χ4n) is 1.97. The van der Waals surface area contributed by atoms with Crippen LogP contribution < -0.4 is 5.73 Å². The Morgan fingerprint density at radius 1 is 1.19 bits per heavy atom. The Bertz CT molecular complexity index is 876. The van der Waals surface area contributed by atoms with E-state index in [1.54, 1.807) is 24.3 Å².